The lowest BCUT2D eigenvalue weighted by Gasteiger charge is -2.36. The van der Waals surface area contributed by atoms with Crippen molar-refractivity contribution in [3.8, 4) is 0 Å². The van der Waals surface area contributed by atoms with E-state index in [4.69, 9.17) is 11.6 Å². The molecule has 0 unspecified atom stereocenters. The first-order chi connectivity index (χ1) is 14.5. The van der Waals surface area contributed by atoms with Crippen molar-refractivity contribution in [2.24, 2.45) is 0 Å². The van der Waals surface area contributed by atoms with Gasteiger partial charge in [0, 0.05) is 55.7 Å². The minimum absolute atomic E-state index is 0.0525. The summed E-state index contributed by atoms with van der Waals surface area (Å²) in [5.41, 5.74) is 1.60. The summed E-state index contributed by atoms with van der Waals surface area (Å²) in [5.74, 6) is -0.108. The zero-order valence-corrected chi connectivity index (χ0v) is 16.9. The molecule has 0 spiro atoms. The Hall–Kier alpha value is -3.23. The van der Waals surface area contributed by atoms with Crippen LogP contribution in [0, 0.1) is 10.1 Å². The van der Waals surface area contributed by atoms with E-state index in [-0.39, 0.29) is 23.1 Å². The van der Waals surface area contributed by atoms with E-state index in [2.05, 4.69) is 20.1 Å². The number of nitrogens with one attached hydrogen (secondary N) is 1. The van der Waals surface area contributed by atoms with Crippen LogP contribution in [0.3, 0.4) is 0 Å². The van der Waals surface area contributed by atoms with E-state index >= 15 is 0 Å². The molecule has 30 heavy (non-hydrogen) atoms. The molecule has 0 saturated carbocycles. The summed E-state index contributed by atoms with van der Waals surface area (Å²) >= 11 is 6.09. The van der Waals surface area contributed by atoms with Crippen molar-refractivity contribution < 1.29 is 9.72 Å². The number of aromatic nitrogens is 1. The quantitative estimate of drug-likeness (QED) is 0.496. The number of para-hydroxylation sites is 1. The molecule has 1 fully saturated rings. The Morgan fingerprint density at radius 1 is 1.10 bits per heavy atom. The fourth-order valence-corrected chi connectivity index (χ4v) is 3.88. The third-order valence-corrected chi connectivity index (χ3v) is 5.53. The lowest BCUT2D eigenvalue weighted by atomic mass is 10.1. The smallest absolute Gasteiger partial charge is 0.278 e. The van der Waals surface area contributed by atoms with Crippen LogP contribution in [-0.2, 0) is 4.79 Å². The molecule has 3 aromatic rings. The van der Waals surface area contributed by atoms with E-state index in [1.807, 2.05) is 12.1 Å². The second kappa shape index (κ2) is 8.64. The van der Waals surface area contributed by atoms with Gasteiger partial charge in [0.25, 0.3) is 5.69 Å². The van der Waals surface area contributed by atoms with Gasteiger partial charge < -0.3 is 10.2 Å². The maximum Gasteiger partial charge on any atom is 0.278 e. The van der Waals surface area contributed by atoms with Gasteiger partial charge in [0.1, 0.15) is 0 Å². The highest BCUT2D eigenvalue weighted by atomic mass is 35.5. The largest absolute Gasteiger partial charge is 0.368 e. The van der Waals surface area contributed by atoms with Gasteiger partial charge in [-0.25, -0.2) is 0 Å². The number of piperazine rings is 1. The summed E-state index contributed by atoms with van der Waals surface area (Å²) in [6.07, 6.45) is 3.18. The maximum atomic E-state index is 12.4. The summed E-state index contributed by atoms with van der Waals surface area (Å²) in [6, 6.07) is 12.3. The predicted molar refractivity (Wildman–Crippen MR) is 117 cm³/mol. The number of benzene rings is 2. The number of anilines is 2. The van der Waals surface area contributed by atoms with Crippen LogP contribution < -0.4 is 10.2 Å². The Labute approximate surface area is 178 Å². The number of carbonyl (C=O) groups is 1. The van der Waals surface area contributed by atoms with E-state index in [0.29, 0.717) is 42.3 Å². The van der Waals surface area contributed by atoms with E-state index < -0.39 is 0 Å². The number of nitrogens with zero attached hydrogens (tertiary/aromatic N) is 4. The van der Waals surface area contributed by atoms with Crippen molar-refractivity contribution >= 4 is 45.3 Å². The first kappa shape index (κ1) is 20.1. The topological polar surface area (TPSA) is 91.6 Å². The number of carbonyl (C=O) groups excluding carboxylic acids is 1. The third kappa shape index (κ3) is 4.19. The SMILES string of the molecule is O=C(CN1CCN(c2ccc([N+](=O)[O-])c3cnccc23)CC1)Nc1ccccc1Cl. The second-order valence-electron chi connectivity index (χ2n) is 7.07. The van der Waals surface area contributed by atoms with Crippen molar-refractivity contribution in [3.63, 3.8) is 0 Å². The molecule has 1 saturated heterocycles. The number of fused-ring (bicyclic) bond motifs is 1. The number of amides is 1. The van der Waals surface area contributed by atoms with Crippen molar-refractivity contribution in [2.45, 2.75) is 0 Å². The molecule has 8 nitrogen and oxygen atoms in total. The van der Waals surface area contributed by atoms with E-state index in [0.717, 1.165) is 11.1 Å². The molecule has 2 aromatic carbocycles. The van der Waals surface area contributed by atoms with Gasteiger partial charge in [0.2, 0.25) is 5.91 Å². The number of halogens is 1. The van der Waals surface area contributed by atoms with Crippen molar-refractivity contribution in [1.82, 2.24) is 9.88 Å². The molecule has 4 rings (SSSR count). The van der Waals surface area contributed by atoms with Gasteiger partial charge in [-0.2, -0.15) is 0 Å². The first-order valence-electron chi connectivity index (χ1n) is 9.56. The molecule has 0 bridgehead atoms. The molecule has 9 heteroatoms. The minimum atomic E-state index is -0.386. The number of hydrogen-bond donors (Lipinski definition) is 1. The number of nitro benzene ring substituents is 1. The summed E-state index contributed by atoms with van der Waals surface area (Å²) in [7, 11) is 0. The normalized spacial score (nSPS) is 14.6. The molecule has 1 aliphatic heterocycles. The number of pyridine rings is 1. The van der Waals surface area contributed by atoms with Crippen LogP contribution in [0.1, 0.15) is 0 Å². The van der Waals surface area contributed by atoms with Gasteiger partial charge in [0.15, 0.2) is 0 Å². The zero-order valence-electron chi connectivity index (χ0n) is 16.1. The molecule has 0 aliphatic carbocycles. The van der Waals surface area contributed by atoms with Crippen molar-refractivity contribution in [3.05, 3.63) is 70.0 Å². The second-order valence-corrected chi connectivity index (χ2v) is 7.48. The Kier molecular flexibility index (Phi) is 5.78. The molecule has 0 atom stereocenters. The van der Waals surface area contributed by atoms with E-state index in [9.17, 15) is 14.9 Å². The van der Waals surface area contributed by atoms with Crippen LogP contribution in [0.5, 0.6) is 0 Å². The molecular weight excluding hydrogens is 406 g/mol. The number of non-ortho nitro benzene ring substituents is 1. The molecule has 1 aliphatic rings. The zero-order chi connectivity index (χ0) is 21.1. The monoisotopic (exact) mass is 425 g/mol. The molecule has 1 aromatic heterocycles. The summed E-state index contributed by atoms with van der Waals surface area (Å²) < 4.78 is 0. The summed E-state index contributed by atoms with van der Waals surface area (Å²) in [4.78, 5) is 31.6. The fourth-order valence-electron chi connectivity index (χ4n) is 3.70. The highest BCUT2D eigenvalue weighted by molar-refractivity contribution is 6.33. The Bertz CT molecular complexity index is 1100. The fraction of sp³-hybridized carbons (Fsp3) is 0.238. The Balaban J connectivity index is 1.41. The van der Waals surface area contributed by atoms with E-state index in [1.165, 1.54) is 12.3 Å². The standard InChI is InChI=1S/C21H20ClN5O3/c22-17-3-1-2-4-18(17)24-21(28)14-25-9-11-26(12-10-25)19-5-6-20(27(29)30)16-13-23-8-7-15(16)19/h1-8,13H,9-12,14H2,(H,24,28). The Morgan fingerprint density at radius 2 is 1.87 bits per heavy atom. The number of nitro groups is 1. The molecule has 2 heterocycles. The van der Waals surface area contributed by atoms with Crippen LogP contribution in [0.15, 0.2) is 54.9 Å². The molecule has 0 radical (unpaired) electrons. The average molecular weight is 426 g/mol. The van der Waals surface area contributed by atoms with Crippen LogP contribution in [0.4, 0.5) is 17.1 Å². The molecule has 1 N–H and O–H groups in total. The van der Waals surface area contributed by atoms with Gasteiger partial charge in [0.05, 0.1) is 27.6 Å². The number of rotatable bonds is 5. The van der Waals surface area contributed by atoms with E-state index in [1.54, 1.807) is 30.5 Å². The maximum absolute atomic E-state index is 12.4. The Morgan fingerprint density at radius 3 is 2.60 bits per heavy atom. The number of hydrogen-bond acceptors (Lipinski definition) is 6. The lowest BCUT2D eigenvalue weighted by molar-refractivity contribution is -0.383. The van der Waals surface area contributed by atoms with Gasteiger partial charge in [-0.1, -0.05) is 23.7 Å². The molecular formula is C21H20ClN5O3. The first-order valence-corrected chi connectivity index (χ1v) is 9.93. The summed E-state index contributed by atoms with van der Waals surface area (Å²) in [5, 5.41) is 16.0. The predicted octanol–water partition coefficient (Wildman–Crippen LogP) is 3.56. The lowest BCUT2D eigenvalue weighted by Crippen LogP contribution is -2.48. The molecule has 154 valence electrons. The van der Waals surface area contributed by atoms with Gasteiger partial charge in [-0.05, 0) is 24.3 Å². The van der Waals surface area contributed by atoms with Crippen LogP contribution in [-0.4, -0.2) is 53.4 Å². The van der Waals surface area contributed by atoms with Gasteiger partial charge in [-0.15, -0.1) is 0 Å². The highest BCUT2D eigenvalue weighted by Crippen LogP contribution is 2.33. The van der Waals surface area contributed by atoms with Crippen molar-refractivity contribution in [2.75, 3.05) is 42.9 Å². The summed E-state index contributed by atoms with van der Waals surface area (Å²) in [6.45, 7) is 3.13. The van der Waals surface area contributed by atoms with Crippen LogP contribution >= 0.6 is 11.6 Å². The molecule has 1 amide bonds. The van der Waals surface area contributed by atoms with Crippen LogP contribution in [0.25, 0.3) is 10.8 Å². The van der Waals surface area contributed by atoms with Gasteiger partial charge in [-0.3, -0.25) is 24.8 Å². The highest BCUT2D eigenvalue weighted by Gasteiger charge is 2.23. The average Bonchev–Trinajstić information content (AvgIpc) is 2.75. The third-order valence-electron chi connectivity index (χ3n) is 5.20. The van der Waals surface area contributed by atoms with Crippen molar-refractivity contribution in [1.29, 1.82) is 0 Å². The van der Waals surface area contributed by atoms with Gasteiger partial charge >= 0.3 is 0 Å². The minimum Gasteiger partial charge on any atom is -0.368 e. The van der Waals surface area contributed by atoms with Crippen LogP contribution in [0.2, 0.25) is 5.02 Å².